The first-order valence-corrected chi connectivity index (χ1v) is 11.3. The quantitative estimate of drug-likeness (QED) is 0.241. The lowest BCUT2D eigenvalue weighted by molar-refractivity contribution is -0.138. The topological polar surface area (TPSA) is 36.7 Å². The molecule has 0 saturated heterocycles. The normalized spacial score (nSPS) is 11.6. The Balaban J connectivity index is 2.02. The van der Waals surface area contributed by atoms with E-state index in [2.05, 4.69) is 4.98 Å². The number of benzene rings is 2. The molecule has 0 aliphatic rings. The van der Waals surface area contributed by atoms with E-state index in [0.717, 1.165) is 17.8 Å². The van der Waals surface area contributed by atoms with Crippen LogP contribution in [-0.4, -0.2) is 10.7 Å². The molecule has 2 nitrogen and oxygen atoms in total. The molecule has 0 radical (unpaired) electrons. The second kappa shape index (κ2) is 10.3. The van der Waals surface area contributed by atoms with E-state index in [1.165, 1.54) is 30.3 Å². The van der Waals surface area contributed by atoms with Gasteiger partial charge >= 0.3 is 6.18 Å². The van der Waals surface area contributed by atoms with Gasteiger partial charge in [-0.1, -0.05) is 53.2 Å². The first-order chi connectivity index (χ1) is 15.1. The van der Waals surface area contributed by atoms with Gasteiger partial charge in [-0.3, -0.25) is 0 Å². The van der Waals surface area contributed by atoms with Crippen molar-refractivity contribution in [1.82, 2.24) is 4.98 Å². The Hall–Kier alpha value is -1.99. The van der Waals surface area contributed by atoms with Gasteiger partial charge in [0.1, 0.15) is 11.1 Å². The van der Waals surface area contributed by atoms with E-state index in [1.54, 1.807) is 18.2 Å². The molecule has 0 aliphatic heterocycles. The van der Waals surface area contributed by atoms with Gasteiger partial charge in [0, 0.05) is 26.3 Å². The number of nitriles is 1. The van der Waals surface area contributed by atoms with E-state index >= 15 is 0 Å². The highest BCUT2D eigenvalue weighted by molar-refractivity contribution is 7.99. The highest BCUT2D eigenvalue weighted by Gasteiger charge is 2.36. The molecule has 3 rings (SSSR count). The van der Waals surface area contributed by atoms with Crippen molar-refractivity contribution in [1.29, 1.82) is 5.26 Å². The zero-order valence-electron chi connectivity index (χ0n) is 15.8. The summed E-state index contributed by atoms with van der Waals surface area (Å²) in [5.74, 6) is -2.46. The van der Waals surface area contributed by atoms with E-state index in [9.17, 15) is 27.2 Å². The summed E-state index contributed by atoms with van der Waals surface area (Å²) in [5, 5.41) is 10.0. The maximum absolute atomic E-state index is 13.7. The van der Waals surface area contributed by atoms with E-state index < -0.39 is 23.1 Å². The molecular formula is C21H11Cl2F5N2S2. The van der Waals surface area contributed by atoms with Gasteiger partial charge < -0.3 is 0 Å². The molecule has 0 saturated carbocycles. The molecule has 32 heavy (non-hydrogen) atoms. The minimum atomic E-state index is -4.79. The summed E-state index contributed by atoms with van der Waals surface area (Å²) in [6.07, 6.45) is -4.79. The van der Waals surface area contributed by atoms with Crippen molar-refractivity contribution in [3.8, 4) is 17.3 Å². The molecule has 0 atom stereocenters. The Bertz CT molecular complexity index is 1160. The number of pyridine rings is 1. The summed E-state index contributed by atoms with van der Waals surface area (Å²) in [6.45, 7) is 0. The van der Waals surface area contributed by atoms with Crippen molar-refractivity contribution in [2.45, 2.75) is 27.6 Å². The van der Waals surface area contributed by atoms with Crippen molar-refractivity contribution in [2.75, 3.05) is 0 Å². The third kappa shape index (κ3) is 6.07. The third-order valence-electron chi connectivity index (χ3n) is 4.16. The molecule has 11 heteroatoms. The SMILES string of the molecule is N#Cc1c(C(F)(F)F)cc(-c2ccc(SC(F)F)cc2)nc1SCc1ccc(Cl)cc1Cl. The number of nitrogens with zero attached hydrogens (tertiary/aromatic N) is 2. The van der Waals surface area contributed by atoms with Gasteiger partial charge in [0.25, 0.3) is 5.76 Å². The molecule has 0 aliphatic carbocycles. The highest BCUT2D eigenvalue weighted by atomic mass is 35.5. The van der Waals surface area contributed by atoms with Crippen molar-refractivity contribution in [3.05, 3.63) is 75.3 Å². The molecule has 2 aromatic carbocycles. The van der Waals surface area contributed by atoms with E-state index in [0.29, 0.717) is 32.9 Å². The van der Waals surface area contributed by atoms with Crippen molar-refractivity contribution >= 4 is 46.7 Å². The van der Waals surface area contributed by atoms with Gasteiger partial charge in [-0.2, -0.15) is 27.2 Å². The molecule has 0 amide bonds. The standard InChI is InChI=1S/C21H11Cl2F5N2S2/c22-13-4-1-12(17(23)7-13)10-31-19-15(9-29)16(21(26,27)28)8-18(30-19)11-2-5-14(6-3-11)32-20(24)25/h1-8,20H,10H2. The fourth-order valence-electron chi connectivity index (χ4n) is 2.70. The summed E-state index contributed by atoms with van der Waals surface area (Å²) >= 11 is 13.3. The van der Waals surface area contributed by atoms with Gasteiger partial charge in [-0.05, 0) is 35.9 Å². The Morgan fingerprint density at radius 1 is 1.03 bits per heavy atom. The minimum absolute atomic E-state index is 0.0328. The predicted octanol–water partition coefficient (Wildman–Crippen LogP) is 8.55. The molecule has 1 heterocycles. The van der Waals surface area contributed by atoms with Crippen LogP contribution in [0.4, 0.5) is 22.0 Å². The fourth-order valence-corrected chi connectivity index (χ4v) is 4.76. The Kier molecular flexibility index (Phi) is 7.93. The third-order valence-corrected chi connectivity index (χ3v) is 6.49. The largest absolute Gasteiger partial charge is 0.417 e. The van der Waals surface area contributed by atoms with Crippen molar-refractivity contribution in [2.24, 2.45) is 0 Å². The number of thioether (sulfide) groups is 2. The molecule has 166 valence electrons. The highest BCUT2D eigenvalue weighted by Crippen LogP contribution is 2.39. The van der Waals surface area contributed by atoms with Crippen LogP contribution in [0.2, 0.25) is 10.0 Å². The zero-order chi connectivity index (χ0) is 23.5. The van der Waals surface area contributed by atoms with Crippen LogP contribution >= 0.6 is 46.7 Å². The van der Waals surface area contributed by atoms with Gasteiger partial charge in [0.15, 0.2) is 0 Å². The van der Waals surface area contributed by atoms with Crippen LogP contribution in [0.15, 0.2) is 58.5 Å². The number of alkyl halides is 5. The first-order valence-electron chi connectivity index (χ1n) is 8.73. The minimum Gasteiger partial charge on any atom is -0.240 e. The molecule has 1 aromatic heterocycles. The number of hydrogen-bond acceptors (Lipinski definition) is 4. The average molecular weight is 521 g/mol. The first kappa shape index (κ1) is 24.6. The molecule has 0 bridgehead atoms. The summed E-state index contributed by atoms with van der Waals surface area (Å²) in [5.41, 5.74) is -0.847. The number of halogens is 7. The number of rotatable bonds is 6. The summed E-state index contributed by atoms with van der Waals surface area (Å²) in [4.78, 5) is 4.52. The maximum Gasteiger partial charge on any atom is 0.417 e. The van der Waals surface area contributed by atoms with Crippen LogP contribution in [0.5, 0.6) is 0 Å². The van der Waals surface area contributed by atoms with Crippen LogP contribution in [0.25, 0.3) is 11.3 Å². The van der Waals surface area contributed by atoms with Crippen molar-refractivity contribution in [3.63, 3.8) is 0 Å². The second-order valence-electron chi connectivity index (χ2n) is 6.27. The molecule has 0 spiro atoms. The predicted molar refractivity (Wildman–Crippen MR) is 117 cm³/mol. The van der Waals surface area contributed by atoms with E-state index in [-0.39, 0.29) is 21.4 Å². The molecular weight excluding hydrogens is 510 g/mol. The number of hydrogen-bond donors (Lipinski definition) is 0. The van der Waals surface area contributed by atoms with Crippen LogP contribution in [0.1, 0.15) is 16.7 Å². The molecule has 0 fully saturated rings. The maximum atomic E-state index is 13.7. The second-order valence-corrected chi connectivity index (χ2v) is 9.14. The fraction of sp³-hybridized carbons (Fsp3) is 0.143. The molecule has 0 unspecified atom stereocenters. The van der Waals surface area contributed by atoms with E-state index in [4.69, 9.17) is 23.2 Å². The lowest BCUT2D eigenvalue weighted by atomic mass is 10.1. The Morgan fingerprint density at radius 3 is 2.28 bits per heavy atom. The monoisotopic (exact) mass is 520 g/mol. The molecule has 3 aromatic rings. The van der Waals surface area contributed by atoms with Crippen LogP contribution in [0.3, 0.4) is 0 Å². The Morgan fingerprint density at radius 2 is 1.72 bits per heavy atom. The lowest BCUT2D eigenvalue weighted by Gasteiger charge is -2.15. The van der Waals surface area contributed by atoms with Gasteiger partial charge in [-0.15, -0.1) is 11.8 Å². The van der Waals surface area contributed by atoms with Crippen LogP contribution in [-0.2, 0) is 11.9 Å². The zero-order valence-corrected chi connectivity index (χ0v) is 18.9. The van der Waals surface area contributed by atoms with Gasteiger partial charge in [-0.25, -0.2) is 4.98 Å². The summed E-state index contributed by atoms with van der Waals surface area (Å²) in [7, 11) is 0. The van der Waals surface area contributed by atoms with Gasteiger partial charge in [0.05, 0.1) is 16.8 Å². The summed E-state index contributed by atoms with van der Waals surface area (Å²) in [6, 6.07) is 12.7. The number of aromatic nitrogens is 1. The smallest absolute Gasteiger partial charge is 0.240 e. The molecule has 0 N–H and O–H groups in total. The lowest BCUT2D eigenvalue weighted by Crippen LogP contribution is -2.10. The Labute approximate surface area is 198 Å². The average Bonchev–Trinajstić information content (AvgIpc) is 2.72. The van der Waals surface area contributed by atoms with E-state index in [1.807, 2.05) is 0 Å². The summed E-state index contributed by atoms with van der Waals surface area (Å²) < 4.78 is 66.1. The van der Waals surface area contributed by atoms with Crippen LogP contribution < -0.4 is 0 Å². The van der Waals surface area contributed by atoms with Gasteiger partial charge in [0.2, 0.25) is 0 Å². The van der Waals surface area contributed by atoms with Crippen molar-refractivity contribution < 1.29 is 22.0 Å². The van der Waals surface area contributed by atoms with Crippen LogP contribution in [0, 0.1) is 11.3 Å².